The van der Waals surface area contributed by atoms with Crippen LogP contribution in [0.5, 0.6) is 0 Å². The van der Waals surface area contributed by atoms with E-state index in [2.05, 4.69) is 46.3 Å². The molecule has 0 unspecified atom stereocenters. The summed E-state index contributed by atoms with van der Waals surface area (Å²) in [6.45, 7) is 0. The number of halogens is 1. The topological polar surface area (TPSA) is 0 Å². The molecule has 82 valence electrons. The number of hydrogen-bond donors (Lipinski definition) is 0. The lowest BCUT2D eigenvalue weighted by Crippen LogP contribution is -2.21. The summed E-state index contributed by atoms with van der Waals surface area (Å²) in [4.78, 5) is 0. The zero-order valence-corrected chi connectivity index (χ0v) is 10.8. The molecule has 2 rings (SSSR count). The predicted molar refractivity (Wildman–Crippen MR) is 69.6 cm³/mol. The van der Waals surface area contributed by atoms with Crippen molar-refractivity contribution in [1.82, 2.24) is 0 Å². The van der Waals surface area contributed by atoms with Crippen molar-refractivity contribution in [2.45, 2.75) is 43.9 Å². The van der Waals surface area contributed by atoms with Gasteiger partial charge in [0.2, 0.25) is 0 Å². The normalized spacial score (nSPS) is 19.3. The molecule has 15 heavy (non-hydrogen) atoms. The summed E-state index contributed by atoms with van der Waals surface area (Å²) in [7, 11) is 0. The number of benzene rings is 1. The Hall–Kier alpha value is -0.300. The van der Waals surface area contributed by atoms with Crippen LogP contribution in [0.1, 0.15) is 44.1 Å². The molecule has 1 aromatic rings. The van der Waals surface area contributed by atoms with Crippen molar-refractivity contribution in [3.63, 3.8) is 0 Å². The average molecular weight is 267 g/mol. The molecular formula is C14H19Br. The molecule has 1 aromatic carbocycles. The Morgan fingerprint density at radius 3 is 2.33 bits per heavy atom. The summed E-state index contributed by atoms with van der Waals surface area (Å²) < 4.78 is 0. The van der Waals surface area contributed by atoms with Crippen molar-refractivity contribution in [1.29, 1.82) is 0 Å². The first-order valence-electron chi connectivity index (χ1n) is 5.99. The first-order valence-corrected chi connectivity index (χ1v) is 7.11. The molecule has 0 atom stereocenters. The standard InChI is InChI=1S/C14H19Br/c15-12-6-11-14(9-4-5-10-14)13-7-2-1-3-8-13/h1-3,7-8H,4-6,9-12H2. The molecule has 1 saturated carbocycles. The Morgan fingerprint density at radius 1 is 1.07 bits per heavy atom. The molecule has 1 fully saturated rings. The van der Waals surface area contributed by atoms with E-state index >= 15 is 0 Å². The van der Waals surface area contributed by atoms with E-state index in [9.17, 15) is 0 Å². The van der Waals surface area contributed by atoms with Gasteiger partial charge in [0.05, 0.1) is 0 Å². The Kier molecular flexibility index (Phi) is 3.85. The van der Waals surface area contributed by atoms with Gasteiger partial charge in [-0.15, -0.1) is 0 Å². The lowest BCUT2D eigenvalue weighted by molar-refractivity contribution is 0.402. The molecule has 1 heteroatoms. The van der Waals surface area contributed by atoms with E-state index in [1.165, 1.54) is 38.5 Å². The molecule has 1 aliphatic rings. The fourth-order valence-electron chi connectivity index (χ4n) is 2.93. The van der Waals surface area contributed by atoms with Gasteiger partial charge >= 0.3 is 0 Å². The maximum absolute atomic E-state index is 3.55. The Labute approximate surface area is 101 Å². The van der Waals surface area contributed by atoms with Crippen LogP contribution in [0.3, 0.4) is 0 Å². The highest BCUT2D eigenvalue weighted by molar-refractivity contribution is 9.09. The first-order chi connectivity index (χ1) is 7.37. The van der Waals surface area contributed by atoms with Crippen molar-refractivity contribution in [2.24, 2.45) is 0 Å². The van der Waals surface area contributed by atoms with Crippen molar-refractivity contribution in [3.05, 3.63) is 35.9 Å². The highest BCUT2D eigenvalue weighted by atomic mass is 79.9. The maximum Gasteiger partial charge on any atom is 0.00316 e. The maximum atomic E-state index is 3.55. The van der Waals surface area contributed by atoms with E-state index in [1.807, 2.05) is 0 Å². The average Bonchev–Trinajstić information content (AvgIpc) is 2.78. The Morgan fingerprint density at radius 2 is 1.73 bits per heavy atom. The fourth-order valence-corrected chi connectivity index (χ4v) is 3.21. The van der Waals surface area contributed by atoms with Crippen LogP contribution in [-0.4, -0.2) is 5.33 Å². The molecule has 0 radical (unpaired) electrons. The second-order valence-corrected chi connectivity index (χ2v) is 5.44. The minimum absolute atomic E-state index is 0.509. The monoisotopic (exact) mass is 266 g/mol. The van der Waals surface area contributed by atoms with Crippen LogP contribution in [0.15, 0.2) is 30.3 Å². The SMILES string of the molecule is BrCCCC1(c2ccccc2)CCCC1. The Bertz CT molecular complexity index is 285. The van der Waals surface area contributed by atoms with Crippen LogP contribution in [0.2, 0.25) is 0 Å². The largest absolute Gasteiger partial charge is 0.0928 e. The van der Waals surface area contributed by atoms with Crippen LogP contribution < -0.4 is 0 Å². The van der Waals surface area contributed by atoms with Gasteiger partial charge in [-0.3, -0.25) is 0 Å². The van der Waals surface area contributed by atoms with E-state index in [0.29, 0.717) is 5.41 Å². The van der Waals surface area contributed by atoms with Crippen molar-refractivity contribution >= 4 is 15.9 Å². The summed E-state index contributed by atoms with van der Waals surface area (Å²) in [5.41, 5.74) is 2.08. The second kappa shape index (κ2) is 5.16. The van der Waals surface area contributed by atoms with E-state index in [0.717, 1.165) is 5.33 Å². The Balaban J connectivity index is 2.19. The third kappa shape index (κ3) is 2.44. The van der Waals surface area contributed by atoms with Gasteiger partial charge in [-0.2, -0.15) is 0 Å². The van der Waals surface area contributed by atoms with Gasteiger partial charge in [-0.25, -0.2) is 0 Å². The van der Waals surface area contributed by atoms with Crippen LogP contribution in [0, 0.1) is 0 Å². The minimum atomic E-state index is 0.509. The predicted octanol–water partition coefficient (Wildman–Crippen LogP) is 4.67. The van der Waals surface area contributed by atoms with Gasteiger partial charge < -0.3 is 0 Å². The van der Waals surface area contributed by atoms with Gasteiger partial charge in [-0.1, -0.05) is 59.1 Å². The molecule has 0 spiro atoms. The molecule has 0 N–H and O–H groups in total. The molecule has 0 amide bonds. The lowest BCUT2D eigenvalue weighted by Gasteiger charge is -2.29. The molecular weight excluding hydrogens is 248 g/mol. The van der Waals surface area contributed by atoms with Crippen LogP contribution in [-0.2, 0) is 5.41 Å². The zero-order chi connectivity index (χ0) is 10.6. The number of hydrogen-bond acceptors (Lipinski definition) is 0. The van der Waals surface area contributed by atoms with Gasteiger partial charge in [-0.05, 0) is 36.7 Å². The zero-order valence-electron chi connectivity index (χ0n) is 9.21. The third-order valence-corrected chi connectivity index (χ3v) is 4.30. The smallest absolute Gasteiger partial charge is 0.00316 e. The van der Waals surface area contributed by atoms with Crippen molar-refractivity contribution in [3.8, 4) is 0 Å². The van der Waals surface area contributed by atoms with Crippen molar-refractivity contribution < 1.29 is 0 Å². The molecule has 0 saturated heterocycles. The number of alkyl halides is 1. The highest BCUT2D eigenvalue weighted by Crippen LogP contribution is 2.44. The number of rotatable bonds is 4. The third-order valence-electron chi connectivity index (χ3n) is 3.74. The van der Waals surface area contributed by atoms with Gasteiger partial charge in [0.1, 0.15) is 0 Å². The second-order valence-electron chi connectivity index (χ2n) is 4.65. The van der Waals surface area contributed by atoms with Crippen LogP contribution in [0.25, 0.3) is 0 Å². The summed E-state index contributed by atoms with van der Waals surface area (Å²) in [5, 5.41) is 1.14. The van der Waals surface area contributed by atoms with E-state index in [1.54, 1.807) is 5.56 Å². The summed E-state index contributed by atoms with van der Waals surface area (Å²) >= 11 is 3.55. The van der Waals surface area contributed by atoms with Gasteiger partial charge in [0, 0.05) is 5.33 Å². The van der Waals surface area contributed by atoms with Gasteiger partial charge in [0.25, 0.3) is 0 Å². The van der Waals surface area contributed by atoms with E-state index in [4.69, 9.17) is 0 Å². The molecule has 0 aliphatic heterocycles. The summed E-state index contributed by atoms with van der Waals surface area (Å²) in [6, 6.07) is 11.1. The molecule has 0 nitrogen and oxygen atoms in total. The molecule has 0 aromatic heterocycles. The molecule has 0 bridgehead atoms. The first kappa shape index (κ1) is 11.2. The van der Waals surface area contributed by atoms with Gasteiger partial charge in [0.15, 0.2) is 0 Å². The lowest BCUT2D eigenvalue weighted by atomic mass is 9.75. The van der Waals surface area contributed by atoms with Crippen LogP contribution >= 0.6 is 15.9 Å². The van der Waals surface area contributed by atoms with E-state index in [-0.39, 0.29) is 0 Å². The molecule has 1 aliphatic carbocycles. The minimum Gasteiger partial charge on any atom is -0.0928 e. The quantitative estimate of drug-likeness (QED) is 0.695. The summed E-state index contributed by atoms with van der Waals surface area (Å²) in [6.07, 6.45) is 8.26. The van der Waals surface area contributed by atoms with Crippen LogP contribution in [0.4, 0.5) is 0 Å². The fraction of sp³-hybridized carbons (Fsp3) is 0.571. The molecule has 0 heterocycles. The summed E-state index contributed by atoms with van der Waals surface area (Å²) in [5.74, 6) is 0. The van der Waals surface area contributed by atoms with E-state index < -0.39 is 0 Å². The van der Waals surface area contributed by atoms with Crippen molar-refractivity contribution in [2.75, 3.05) is 5.33 Å². The highest BCUT2D eigenvalue weighted by Gasteiger charge is 2.34.